The molecule has 0 aliphatic heterocycles. The molecule has 0 atom stereocenters. The zero-order valence-corrected chi connectivity index (χ0v) is 26.5. The van der Waals surface area contributed by atoms with Crippen LogP contribution >= 0.6 is 0 Å². The minimum Gasteiger partial charge on any atom is -0.456 e. The van der Waals surface area contributed by atoms with Gasteiger partial charge in [0.2, 0.25) is 0 Å². The van der Waals surface area contributed by atoms with E-state index in [0.717, 1.165) is 77.6 Å². The van der Waals surface area contributed by atoms with E-state index in [4.69, 9.17) is 8.83 Å². The molecule has 230 valence electrons. The number of nitrogens with zero attached hydrogens (tertiary/aromatic N) is 1. The Morgan fingerprint density at radius 3 is 1.84 bits per heavy atom. The number of hydrogen-bond donors (Lipinski definition) is 0. The standard InChI is InChI=1S/C46H29NO2/c1-2-11-31-26-33(21-20-30(31)10-1)32-12-9-13-35(27-32)47(36-23-25-45-41(29-36)39-16-5-8-19-44(39)48-45)42-17-6-3-14-37(42)34-22-24-40-38-15-4-7-18-43(38)49-46(40)28-34/h1-29H. The van der Waals surface area contributed by atoms with Crippen LogP contribution in [-0.4, -0.2) is 0 Å². The summed E-state index contributed by atoms with van der Waals surface area (Å²) in [5.74, 6) is 0. The molecule has 49 heavy (non-hydrogen) atoms. The maximum Gasteiger partial charge on any atom is 0.136 e. The Bertz CT molecular complexity index is 2860. The van der Waals surface area contributed by atoms with Crippen molar-refractivity contribution in [2.45, 2.75) is 0 Å². The predicted octanol–water partition coefficient (Wildman–Crippen LogP) is 13.4. The fraction of sp³-hybridized carbons (Fsp3) is 0. The van der Waals surface area contributed by atoms with E-state index in [1.165, 1.54) is 16.3 Å². The van der Waals surface area contributed by atoms with E-state index >= 15 is 0 Å². The van der Waals surface area contributed by atoms with Gasteiger partial charge >= 0.3 is 0 Å². The average molecular weight is 628 g/mol. The van der Waals surface area contributed by atoms with E-state index in [1.54, 1.807) is 0 Å². The van der Waals surface area contributed by atoms with Crippen molar-refractivity contribution in [1.29, 1.82) is 0 Å². The molecule has 0 unspecified atom stereocenters. The maximum absolute atomic E-state index is 6.34. The molecule has 3 heteroatoms. The number of furan rings is 2. The van der Waals surface area contributed by atoms with Crippen molar-refractivity contribution in [2.75, 3.05) is 4.90 Å². The summed E-state index contributed by atoms with van der Waals surface area (Å²) in [6.45, 7) is 0. The number of anilines is 3. The largest absolute Gasteiger partial charge is 0.456 e. The minimum atomic E-state index is 0.874. The molecule has 10 aromatic rings. The van der Waals surface area contributed by atoms with Gasteiger partial charge in [-0.1, -0.05) is 109 Å². The Morgan fingerprint density at radius 1 is 0.327 bits per heavy atom. The number of fused-ring (bicyclic) bond motifs is 7. The summed E-state index contributed by atoms with van der Waals surface area (Å²) in [7, 11) is 0. The van der Waals surface area contributed by atoms with Gasteiger partial charge in [-0.25, -0.2) is 0 Å². The smallest absolute Gasteiger partial charge is 0.136 e. The number of rotatable bonds is 5. The summed E-state index contributed by atoms with van der Waals surface area (Å²) in [6.07, 6.45) is 0. The molecule has 0 N–H and O–H groups in total. The van der Waals surface area contributed by atoms with Gasteiger partial charge in [0.1, 0.15) is 22.3 Å². The number of para-hydroxylation sites is 3. The van der Waals surface area contributed by atoms with Gasteiger partial charge in [0.25, 0.3) is 0 Å². The van der Waals surface area contributed by atoms with Crippen molar-refractivity contribution >= 4 is 71.7 Å². The lowest BCUT2D eigenvalue weighted by atomic mass is 9.98. The molecule has 8 aromatic carbocycles. The lowest BCUT2D eigenvalue weighted by Crippen LogP contribution is -2.11. The molecule has 0 aliphatic carbocycles. The fourth-order valence-corrected chi connectivity index (χ4v) is 7.28. The second-order valence-electron chi connectivity index (χ2n) is 12.6. The van der Waals surface area contributed by atoms with Gasteiger partial charge in [-0.2, -0.15) is 0 Å². The van der Waals surface area contributed by atoms with Crippen LogP contribution in [0.3, 0.4) is 0 Å². The van der Waals surface area contributed by atoms with Crippen molar-refractivity contribution in [2.24, 2.45) is 0 Å². The van der Waals surface area contributed by atoms with E-state index in [9.17, 15) is 0 Å². The molecule has 0 bridgehead atoms. The van der Waals surface area contributed by atoms with Gasteiger partial charge in [0, 0.05) is 38.5 Å². The third-order valence-electron chi connectivity index (χ3n) is 9.64. The molecule has 0 amide bonds. The van der Waals surface area contributed by atoms with Crippen molar-refractivity contribution in [3.8, 4) is 22.3 Å². The second-order valence-corrected chi connectivity index (χ2v) is 12.6. The van der Waals surface area contributed by atoms with E-state index in [1.807, 2.05) is 24.3 Å². The van der Waals surface area contributed by atoms with E-state index in [-0.39, 0.29) is 0 Å². The van der Waals surface area contributed by atoms with E-state index < -0.39 is 0 Å². The predicted molar refractivity (Wildman–Crippen MR) is 204 cm³/mol. The first kappa shape index (κ1) is 27.5. The molecule has 0 spiro atoms. The van der Waals surface area contributed by atoms with Crippen molar-refractivity contribution in [3.05, 3.63) is 176 Å². The summed E-state index contributed by atoms with van der Waals surface area (Å²) in [5.41, 5.74) is 11.3. The van der Waals surface area contributed by atoms with Crippen LogP contribution < -0.4 is 4.90 Å². The Morgan fingerprint density at radius 2 is 0.959 bits per heavy atom. The van der Waals surface area contributed by atoms with Crippen LogP contribution in [0.4, 0.5) is 17.1 Å². The number of hydrogen-bond acceptors (Lipinski definition) is 3. The monoisotopic (exact) mass is 627 g/mol. The average Bonchev–Trinajstić information content (AvgIpc) is 3.73. The third-order valence-corrected chi connectivity index (χ3v) is 9.64. The topological polar surface area (TPSA) is 29.5 Å². The molecule has 0 saturated heterocycles. The van der Waals surface area contributed by atoms with Crippen LogP contribution in [0, 0.1) is 0 Å². The quantitative estimate of drug-likeness (QED) is 0.190. The molecule has 10 rings (SSSR count). The van der Waals surface area contributed by atoms with Crippen LogP contribution in [0.15, 0.2) is 185 Å². The molecule has 0 radical (unpaired) electrons. The lowest BCUT2D eigenvalue weighted by molar-refractivity contribution is 0.668. The van der Waals surface area contributed by atoms with Crippen LogP contribution in [0.1, 0.15) is 0 Å². The van der Waals surface area contributed by atoms with Crippen molar-refractivity contribution in [3.63, 3.8) is 0 Å². The van der Waals surface area contributed by atoms with Crippen LogP contribution in [0.5, 0.6) is 0 Å². The van der Waals surface area contributed by atoms with E-state index in [0.29, 0.717) is 0 Å². The zero-order valence-electron chi connectivity index (χ0n) is 26.5. The highest BCUT2D eigenvalue weighted by Gasteiger charge is 2.20. The first-order valence-corrected chi connectivity index (χ1v) is 16.6. The summed E-state index contributed by atoms with van der Waals surface area (Å²) < 4.78 is 12.6. The first-order chi connectivity index (χ1) is 24.3. The van der Waals surface area contributed by atoms with Crippen LogP contribution in [0.2, 0.25) is 0 Å². The molecule has 2 heterocycles. The van der Waals surface area contributed by atoms with Crippen LogP contribution in [0.25, 0.3) is 76.9 Å². The Labute approximate surface area is 282 Å². The SMILES string of the molecule is c1cc(-c2ccc3ccccc3c2)cc(N(c2ccc3oc4ccccc4c3c2)c2ccccc2-c2ccc3c(c2)oc2ccccc23)c1. The van der Waals surface area contributed by atoms with Gasteiger partial charge in [-0.15, -0.1) is 0 Å². The highest BCUT2D eigenvalue weighted by atomic mass is 16.3. The summed E-state index contributed by atoms with van der Waals surface area (Å²) in [4.78, 5) is 2.37. The highest BCUT2D eigenvalue weighted by molar-refractivity contribution is 6.08. The minimum absolute atomic E-state index is 0.874. The Kier molecular flexibility index (Phi) is 6.18. The molecule has 3 nitrogen and oxygen atoms in total. The summed E-state index contributed by atoms with van der Waals surface area (Å²) >= 11 is 0. The van der Waals surface area contributed by atoms with Crippen LogP contribution in [-0.2, 0) is 0 Å². The first-order valence-electron chi connectivity index (χ1n) is 16.6. The van der Waals surface area contributed by atoms with Gasteiger partial charge in [0.05, 0.1) is 5.69 Å². The lowest BCUT2D eigenvalue weighted by Gasteiger charge is -2.28. The van der Waals surface area contributed by atoms with Crippen molar-refractivity contribution in [1.82, 2.24) is 0 Å². The van der Waals surface area contributed by atoms with Gasteiger partial charge in [-0.05, 0) is 94.2 Å². The van der Waals surface area contributed by atoms with Crippen molar-refractivity contribution < 1.29 is 8.83 Å². The molecule has 0 saturated carbocycles. The van der Waals surface area contributed by atoms with Gasteiger partial charge in [0.15, 0.2) is 0 Å². The second kappa shape index (κ2) is 11.0. The molecular weight excluding hydrogens is 599 g/mol. The maximum atomic E-state index is 6.34. The van der Waals surface area contributed by atoms with E-state index in [2.05, 4.69) is 157 Å². The fourth-order valence-electron chi connectivity index (χ4n) is 7.28. The Balaban J connectivity index is 1.18. The van der Waals surface area contributed by atoms with Gasteiger partial charge in [-0.3, -0.25) is 0 Å². The highest BCUT2D eigenvalue weighted by Crippen LogP contribution is 2.44. The Hall–Kier alpha value is -6.58. The number of benzene rings is 8. The zero-order chi connectivity index (χ0) is 32.3. The third kappa shape index (κ3) is 4.59. The molecular formula is C46H29NO2. The molecule has 2 aromatic heterocycles. The molecule has 0 fully saturated rings. The summed E-state index contributed by atoms with van der Waals surface area (Å²) in [5, 5.41) is 6.91. The normalized spacial score (nSPS) is 11.7. The van der Waals surface area contributed by atoms with Gasteiger partial charge < -0.3 is 13.7 Å². The molecule has 0 aliphatic rings. The summed E-state index contributed by atoms with van der Waals surface area (Å²) in [6, 6.07) is 62.2.